The van der Waals surface area contributed by atoms with E-state index in [1.807, 2.05) is 30.3 Å². The Morgan fingerprint density at radius 2 is 1.93 bits per heavy atom. The van der Waals surface area contributed by atoms with E-state index < -0.39 is 10.0 Å². The van der Waals surface area contributed by atoms with Gasteiger partial charge in [0.2, 0.25) is 0 Å². The number of nitrogens with one attached hydrogen (secondary N) is 2. The number of halogens is 1. The van der Waals surface area contributed by atoms with Crippen LogP contribution >= 0.6 is 22.9 Å². The van der Waals surface area contributed by atoms with Gasteiger partial charge in [0.25, 0.3) is 10.0 Å². The number of ether oxygens (including phenoxy) is 1. The van der Waals surface area contributed by atoms with Crippen molar-refractivity contribution in [2.75, 3.05) is 11.3 Å². The van der Waals surface area contributed by atoms with Gasteiger partial charge in [-0.15, -0.1) is 11.3 Å². The van der Waals surface area contributed by atoms with Gasteiger partial charge in [0.15, 0.2) is 5.82 Å². The number of rotatable bonds is 8. The van der Waals surface area contributed by atoms with Crippen molar-refractivity contribution in [1.29, 1.82) is 0 Å². The van der Waals surface area contributed by atoms with Crippen LogP contribution in [-0.4, -0.2) is 25.2 Å². The minimum Gasteiger partial charge on any atom is -0.492 e. The van der Waals surface area contributed by atoms with Crippen molar-refractivity contribution >= 4 is 49.7 Å². The molecule has 0 fully saturated rings. The zero-order valence-corrected chi connectivity index (χ0v) is 18.2. The Kier molecular flexibility index (Phi) is 5.96. The number of hydrogen-bond donors (Lipinski definition) is 3. The highest BCUT2D eigenvalue weighted by Crippen LogP contribution is 2.33. The molecule has 2 aromatic heterocycles. The molecule has 0 aliphatic rings. The van der Waals surface area contributed by atoms with Gasteiger partial charge in [-0.3, -0.25) is 9.82 Å². The molecular weight excluding hydrogens is 444 g/mol. The summed E-state index contributed by atoms with van der Waals surface area (Å²) < 4.78 is 34.3. The Balaban J connectivity index is 1.55. The number of nitrogens with zero attached hydrogens (tertiary/aromatic N) is 1. The molecule has 0 amide bonds. The van der Waals surface area contributed by atoms with Crippen molar-refractivity contribution in [1.82, 2.24) is 10.2 Å². The highest BCUT2D eigenvalue weighted by molar-refractivity contribution is 7.94. The molecule has 4 aromatic rings. The van der Waals surface area contributed by atoms with E-state index in [1.54, 1.807) is 12.1 Å². The van der Waals surface area contributed by atoms with Crippen molar-refractivity contribution in [3.05, 3.63) is 70.1 Å². The molecule has 156 valence electrons. The fourth-order valence-corrected chi connectivity index (χ4v) is 5.54. The lowest BCUT2D eigenvalue weighted by Gasteiger charge is -2.10. The average Bonchev–Trinajstić information content (AvgIpc) is 3.35. The first-order chi connectivity index (χ1) is 14.5. The van der Waals surface area contributed by atoms with Crippen LogP contribution in [0.25, 0.3) is 10.9 Å². The number of nitrogens with two attached hydrogens (primary N) is 1. The number of hydrogen-bond acceptors (Lipinski definition) is 6. The summed E-state index contributed by atoms with van der Waals surface area (Å²) >= 11 is 6.85. The number of benzene rings is 2. The van der Waals surface area contributed by atoms with Gasteiger partial charge in [0.05, 0.1) is 21.8 Å². The van der Waals surface area contributed by atoms with Crippen LogP contribution in [0, 0.1) is 0 Å². The molecule has 0 bridgehead atoms. The first kappa shape index (κ1) is 20.7. The molecule has 0 aliphatic carbocycles. The van der Waals surface area contributed by atoms with Gasteiger partial charge in [0, 0.05) is 13.0 Å². The first-order valence-corrected chi connectivity index (χ1v) is 11.8. The van der Waals surface area contributed by atoms with Crippen LogP contribution in [0.3, 0.4) is 0 Å². The van der Waals surface area contributed by atoms with Crippen LogP contribution in [0.2, 0.25) is 4.34 Å². The third-order valence-corrected chi connectivity index (χ3v) is 7.53. The lowest BCUT2D eigenvalue weighted by Crippen LogP contribution is -2.12. The molecule has 0 atom stereocenters. The summed E-state index contributed by atoms with van der Waals surface area (Å²) in [5.41, 5.74) is 8.54. The van der Waals surface area contributed by atoms with E-state index in [9.17, 15) is 8.42 Å². The molecule has 2 aromatic carbocycles. The quantitative estimate of drug-likeness (QED) is 0.364. The molecule has 10 heteroatoms. The van der Waals surface area contributed by atoms with Crippen molar-refractivity contribution in [3.8, 4) is 5.75 Å². The van der Waals surface area contributed by atoms with E-state index in [1.165, 1.54) is 12.1 Å². The van der Waals surface area contributed by atoms with Gasteiger partial charge in [0.1, 0.15) is 9.96 Å². The van der Waals surface area contributed by atoms with Crippen molar-refractivity contribution in [2.45, 2.75) is 17.2 Å². The minimum atomic E-state index is -3.81. The van der Waals surface area contributed by atoms with Gasteiger partial charge in [-0.05, 0) is 35.4 Å². The van der Waals surface area contributed by atoms with Gasteiger partial charge in [-0.2, -0.15) is 5.10 Å². The Morgan fingerprint density at radius 1 is 1.13 bits per heavy atom. The Hall–Kier alpha value is -2.59. The van der Waals surface area contributed by atoms with Crippen molar-refractivity contribution in [3.63, 3.8) is 0 Å². The predicted molar refractivity (Wildman–Crippen MR) is 120 cm³/mol. The van der Waals surface area contributed by atoms with Crippen molar-refractivity contribution < 1.29 is 13.2 Å². The number of aromatic nitrogens is 2. The van der Waals surface area contributed by atoms with E-state index >= 15 is 0 Å². The fourth-order valence-electron chi connectivity index (χ4n) is 3.05. The summed E-state index contributed by atoms with van der Waals surface area (Å²) in [7, 11) is -3.81. The first-order valence-electron chi connectivity index (χ1n) is 9.12. The molecule has 0 radical (unpaired) electrons. The Morgan fingerprint density at radius 3 is 2.70 bits per heavy atom. The van der Waals surface area contributed by atoms with Crippen LogP contribution in [0.5, 0.6) is 5.75 Å². The molecule has 0 unspecified atom stereocenters. The Bertz CT molecular complexity index is 1280. The molecule has 30 heavy (non-hydrogen) atoms. The number of anilines is 1. The SMILES string of the molecule is NCc1cccc(CCOc2cccc3[nH]nc(NS(=O)(=O)c4ccc(Cl)s4)c23)c1. The van der Waals surface area contributed by atoms with Crippen LogP contribution in [0.4, 0.5) is 5.82 Å². The summed E-state index contributed by atoms with van der Waals surface area (Å²) in [6, 6.07) is 16.4. The molecule has 4 N–H and O–H groups in total. The number of fused-ring (bicyclic) bond motifs is 1. The van der Waals surface area contributed by atoms with Gasteiger partial charge >= 0.3 is 0 Å². The normalized spacial score (nSPS) is 11.7. The van der Waals surface area contributed by atoms with Gasteiger partial charge < -0.3 is 10.5 Å². The summed E-state index contributed by atoms with van der Waals surface area (Å²) in [6.07, 6.45) is 0.691. The highest BCUT2D eigenvalue weighted by atomic mass is 35.5. The second-order valence-corrected chi connectivity index (χ2v) is 10.2. The van der Waals surface area contributed by atoms with E-state index in [2.05, 4.69) is 14.9 Å². The predicted octanol–water partition coefficient (Wildman–Crippen LogP) is 4.16. The van der Waals surface area contributed by atoms with Crippen LogP contribution < -0.4 is 15.2 Å². The standard InChI is InChI=1S/C20H19ClN4O3S2/c21-17-7-8-18(29-17)30(26,27)25-20-19-15(23-24-20)5-2-6-16(19)28-10-9-13-3-1-4-14(11-13)12-22/h1-8,11H,9-10,12,22H2,(H2,23,24,25). The molecule has 4 rings (SSSR count). The lowest BCUT2D eigenvalue weighted by molar-refractivity contribution is 0.326. The molecule has 0 saturated carbocycles. The largest absolute Gasteiger partial charge is 0.492 e. The summed E-state index contributed by atoms with van der Waals surface area (Å²) in [5.74, 6) is 0.716. The van der Waals surface area contributed by atoms with Gasteiger partial charge in [-0.25, -0.2) is 8.42 Å². The van der Waals surface area contributed by atoms with E-state index in [4.69, 9.17) is 22.1 Å². The van der Waals surface area contributed by atoms with Crippen LogP contribution in [0.1, 0.15) is 11.1 Å². The maximum absolute atomic E-state index is 12.7. The second-order valence-electron chi connectivity index (χ2n) is 6.54. The number of sulfonamides is 1. The fraction of sp³-hybridized carbons (Fsp3) is 0.150. The van der Waals surface area contributed by atoms with Crippen LogP contribution in [-0.2, 0) is 23.0 Å². The van der Waals surface area contributed by atoms with E-state index in [-0.39, 0.29) is 10.0 Å². The molecule has 7 nitrogen and oxygen atoms in total. The minimum absolute atomic E-state index is 0.113. The van der Waals surface area contributed by atoms with Gasteiger partial charge in [-0.1, -0.05) is 41.9 Å². The third-order valence-electron chi connectivity index (χ3n) is 4.47. The molecular formula is C20H19ClN4O3S2. The average molecular weight is 463 g/mol. The summed E-state index contributed by atoms with van der Waals surface area (Å²) in [4.78, 5) is 0. The molecule has 0 spiro atoms. The smallest absolute Gasteiger partial charge is 0.272 e. The van der Waals surface area contributed by atoms with Crippen LogP contribution in [0.15, 0.2) is 58.8 Å². The Labute approximate surface area is 182 Å². The maximum atomic E-state index is 12.7. The highest BCUT2D eigenvalue weighted by Gasteiger charge is 2.21. The lowest BCUT2D eigenvalue weighted by atomic mass is 10.1. The molecule has 0 aliphatic heterocycles. The second kappa shape index (κ2) is 8.65. The number of aromatic amines is 1. The maximum Gasteiger partial charge on any atom is 0.272 e. The van der Waals surface area contributed by atoms with E-state index in [0.717, 1.165) is 22.5 Å². The summed E-state index contributed by atoms with van der Waals surface area (Å²) in [6.45, 7) is 0.910. The van der Waals surface area contributed by atoms with Crippen molar-refractivity contribution in [2.24, 2.45) is 5.73 Å². The zero-order valence-electron chi connectivity index (χ0n) is 15.8. The monoisotopic (exact) mass is 462 g/mol. The third kappa shape index (κ3) is 4.44. The zero-order chi connectivity index (χ0) is 21.1. The number of H-pyrrole nitrogens is 1. The summed E-state index contributed by atoms with van der Waals surface area (Å²) in [5, 5.41) is 7.53. The topological polar surface area (TPSA) is 110 Å². The molecule has 0 saturated heterocycles. The van der Waals surface area contributed by atoms with E-state index in [0.29, 0.717) is 40.6 Å². The number of thiophene rings is 1. The molecule has 2 heterocycles.